The topological polar surface area (TPSA) is 79.2 Å². The van der Waals surface area contributed by atoms with Crippen molar-refractivity contribution in [1.29, 1.82) is 0 Å². The normalized spacial score (nSPS) is 22.1. The van der Waals surface area contributed by atoms with E-state index >= 15 is 0 Å². The molecule has 0 unspecified atom stereocenters. The largest absolute Gasteiger partial charge is 0.388 e. The van der Waals surface area contributed by atoms with Crippen LogP contribution in [0.25, 0.3) is 0 Å². The van der Waals surface area contributed by atoms with Crippen molar-refractivity contribution in [3.63, 3.8) is 0 Å². The summed E-state index contributed by atoms with van der Waals surface area (Å²) in [5.74, 6) is 0. The van der Waals surface area contributed by atoms with Gasteiger partial charge in [-0.1, -0.05) is 96.0 Å². The number of allylic oxidation sites excluding steroid dienone is 1. The summed E-state index contributed by atoms with van der Waals surface area (Å²) in [7, 11) is 0. The fourth-order valence-electron chi connectivity index (χ4n) is 4.23. The van der Waals surface area contributed by atoms with E-state index in [1.165, 1.54) is 96.3 Å². The van der Waals surface area contributed by atoms with E-state index in [1.54, 1.807) is 0 Å². The van der Waals surface area contributed by atoms with Gasteiger partial charge in [0.05, 0.1) is 13.2 Å². The van der Waals surface area contributed by atoms with Crippen molar-refractivity contribution in [3.8, 4) is 0 Å². The zero-order valence-corrected chi connectivity index (χ0v) is 19.9. The van der Waals surface area contributed by atoms with Crippen LogP contribution in [-0.4, -0.2) is 59.6 Å². The van der Waals surface area contributed by atoms with Crippen molar-refractivity contribution >= 4 is 0 Å². The number of hydrogen-bond donors (Lipinski definition) is 3. The first-order valence-corrected chi connectivity index (χ1v) is 13.0. The van der Waals surface area contributed by atoms with Crippen LogP contribution >= 0.6 is 0 Å². The quantitative estimate of drug-likeness (QED) is 0.157. The molecule has 31 heavy (non-hydrogen) atoms. The summed E-state index contributed by atoms with van der Waals surface area (Å²) < 4.78 is 10.7. The van der Waals surface area contributed by atoms with Gasteiger partial charge in [-0.05, 0) is 19.3 Å². The van der Waals surface area contributed by atoms with Gasteiger partial charge in [-0.25, -0.2) is 0 Å². The first kappa shape index (κ1) is 28.6. The maximum absolute atomic E-state index is 9.96. The van der Waals surface area contributed by atoms with Crippen LogP contribution in [0.1, 0.15) is 109 Å². The highest BCUT2D eigenvalue weighted by Gasteiger charge is 2.39. The van der Waals surface area contributed by atoms with Crippen LogP contribution in [0.4, 0.5) is 0 Å². The Labute approximate surface area is 191 Å². The van der Waals surface area contributed by atoms with E-state index in [0.717, 1.165) is 12.8 Å². The summed E-state index contributed by atoms with van der Waals surface area (Å²) in [5.41, 5.74) is 0. The Morgan fingerprint density at radius 2 is 1.23 bits per heavy atom. The molecule has 0 saturated carbocycles. The lowest BCUT2D eigenvalue weighted by Gasteiger charge is -2.20. The molecule has 0 aliphatic carbocycles. The minimum absolute atomic E-state index is 0.0693. The standard InChI is InChI=1S/C26H50O5/c1-2-3-4-5-6-7-8-9-10-11-12-13-14-15-16-17-18-19-20-30-21-24(28)26-25(29)23(27)22-31-26/h2,23-29H,1,3-22H2/t23-,24+,25+,26+/m1/s1. The number of hydrogen-bond acceptors (Lipinski definition) is 5. The molecule has 1 rings (SSSR count). The smallest absolute Gasteiger partial charge is 0.114 e. The van der Waals surface area contributed by atoms with Gasteiger partial charge >= 0.3 is 0 Å². The SMILES string of the molecule is C=CCCCCCCCCCCCCCCCCCCOC[C@H](O)[C@@H]1OC[C@@H](O)[C@@H]1O. The molecule has 1 heterocycles. The number of rotatable bonds is 22. The lowest BCUT2D eigenvalue weighted by atomic mass is 10.0. The minimum Gasteiger partial charge on any atom is -0.388 e. The Morgan fingerprint density at radius 3 is 1.65 bits per heavy atom. The van der Waals surface area contributed by atoms with Crippen LogP contribution in [0.3, 0.4) is 0 Å². The minimum atomic E-state index is -1.03. The van der Waals surface area contributed by atoms with Crippen LogP contribution in [0.2, 0.25) is 0 Å². The van der Waals surface area contributed by atoms with Crippen LogP contribution in [0.15, 0.2) is 12.7 Å². The van der Waals surface area contributed by atoms with Gasteiger partial charge in [0.15, 0.2) is 0 Å². The first-order valence-electron chi connectivity index (χ1n) is 13.0. The van der Waals surface area contributed by atoms with Gasteiger partial charge in [0.2, 0.25) is 0 Å². The molecule has 1 aliphatic rings. The summed E-state index contributed by atoms with van der Waals surface area (Å²) in [6, 6.07) is 0. The van der Waals surface area contributed by atoms with Crippen LogP contribution in [0.5, 0.6) is 0 Å². The Bertz CT molecular complexity index is 403. The van der Waals surface area contributed by atoms with E-state index in [4.69, 9.17) is 9.47 Å². The van der Waals surface area contributed by atoms with Crippen molar-refractivity contribution in [2.24, 2.45) is 0 Å². The fraction of sp³-hybridized carbons (Fsp3) is 0.923. The molecule has 0 radical (unpaired) electrons. The average molecular weight is 443 g/mol. The van der Waals surface area contributed by atoms with Gasteiger partial charge in [0.25, 0.3) is 0 Å². The van der Waals surface area contributed by atoms with Gasteiger partial charge in [-0.15, -0.1) is 6.58 Å². The number of ether oxygens (including phenoxy) is 2. The molecular weight excluding hydrogens is 392 g/mol. The van der Waals surface area contributed by atoms with Gasteiger partial charge in [-0.2, -0.15) is 0 Å². The number of aliphatic hydroxyl groups is 3. The van der Waals surface area contributed by atoms with Crippen molar-refractivity contribution in [3.05, 3.63) is 12.7 Å². The molecule has 3 N–H and O–H groups in total. The molecule has 1 aliphatic heterocycles. The third-order valence-electron chi connectivity index (χ3n) is 6.31. The molecule has 0 bridgehead atoms. The monoisotopic (exact) mass is 442 g/mol. The van der Waals surface area contributed by atoms with Crippen molar-refractivity contribution in [1.82, 2.24) is 0 Å². The molecule has 0 amide bonds. The third kappa shape index (κ3) is 15.1. The van der Waals surface area contributed by atoms with Crippen LogP contribution in [-0.2, 0) is 9.47 Å². The predicted molar refractivity (Wildman–Crippen MR) is 127 cm³/mol. The van der Waals surface area contributed by atoms with E-state index in [9.17, 15) is 15.3 Å². The highest BCUT2D eigenvalue weighted by atomic mass is 16.5. The molecule has 5 nitrogen and oxygen atoms in total. The lowest BCUT2D eigenvalue weighted by Crippen LogP contribution is -2.40. The van der Waals surface area contributed by atoms with Gasteiger partial charge < -0.3 is 24.8 Å². The lowest BCUT2D eigenvalue weighted by molar-refractivity contribution is -0.0813. The summed E-state index contributed by atoms with van der Waals surface area (Å²) in [5, 5.41) is 29.1. The summed E-state index contributed by atoms with van der Waals surface area (Å²) >= 11 is 0. The van der Waals surface area contributed by atoms with Crippen LogP contribution < -0.4 is 0 Å². The van der Waals surface area contributed by atoms with Crippen molar-refractivity contribution < 1.29 is 24.8 Å². The Morgan fingerprint density at radius 1 is 0.774 bits per heavy atom. The van der Waals surface area contributed by atoms with E-state index < -0.39 is 24.4 Å². The number of unbranched alkanes of at least 4 members (excludes halogenated alkanes) is 16. The predicted octanol–water partition coefficient (Wildman–Crippen LogP) is 5.30. The van der Waals surface area contributed by atoms with E-state index in [1.807, 2.05) is 6.08 Å². The van der Waals surface area contributed by atoms with E-state index in [0.29, 0.717) is 6.61 Å². The molecular formula is C26H50O5. The molecule has 184 valence electrons. The maximum Gasteiger partial charge on any atom is 0.114 e. The second-order valence-corrected chi connectivity index (χ2v) is 9.23. The first-order chi connectivity index (χ1) is 15.2. The van der Waals surface area contributed by atoms with Gasteiger partial charge in [0, 0.05) is 6.61 Å². The summed E-state index contributed by atoms with van der Waals surface area (Å²) in [6.07, 6.45) is 20.9. The highest BCUT2D eigenvalue weighted by Crippen LogP contribution is 2.18. The van der Waals surface area contributed by atoms with E-state index in [2.05, 4.69) is 6.58 Å². The fourth-order valence-corrected chi connectivity index (χ4v) is 4.23. The second-order valence-electron chi connectivity index (χ2n) is 9.23. The molecule has 0 spiro atoms. The molecule has 1 saturated heterocycles. The molecule has 0 aromatic carbocycles. The second kappa shape index (κ2) is 20.2. The van der Waals surface area contributed by atoms with Gasteiger partial charge in [0.1, 0.15) is 24.4 Å². The molecule has 4 atom stereocenters. The summed E-state index contributed by atoms with van der Waals surface area (Å²) in [6.45, 7) is 4.60. The molecule has 0 aromatic rings. The molecule has 5 heteroatoms. The molecule has 1 fully saturated rings. The Kier molecular flexibility index (Phi) is 18.6. The highest BCUT2D eigenvalue weighted by molar-refractivity contribution is 4.87. The van der Waals surface area contributed by atoms with Crippen molar-refractivity contribution in [2.75, 3.05) is 19.8 Å². The third-order valence-corrected chi connectivity index (χ3v) is 6.31. The summed E-state index contributed by atoms with van der Waals surface area (Å²) in [4.78, 5) is 0. The Balaban J connectivity index is 1.72. The van der Waals surface area contributed by atoms with Crippen LogP contribution in [0, 0.1) is 0 Å². The zero-order chi connectivity index (χ0) is 22.6. The number of aliphatic hydroxyl groups excluding tert-OH is 3. The average Bonchev–Trinajstić information content (AvgIpc) is 3.10. The Hall–Kier alpha value is -0.460. The van der Waals surface area contributed by atoms with Crippen molar-refractivity contribution in [2.45, 2.75) is 134 Å². The van der Waals surface area contributed by atoms with Gasteiger partial charge in [-0.3, -0.25) is 0 Å². The van der Waals surface area contributed by atoms with E-state index in [-0.39, 0.29) is 13.2 Å². The zero-order valence-electron chi connectivity index (χ0n) is 19.9. The molecule has 0 aromatic heterocycles. The maximum atomic E-state index is 9.96.